The summed E-state index contributed by atoms with van der Waals surface area (Å²) in [5.74, 6) is 3.42. The van der Waals surface area contributed by atoms with Gasteiger partial charge in [-0.2, -0.15) is 0 Å². The van der Waals surface area contributed by atoms with Gasteiger partial charge in [-0.3, -0.25) is 9.97 Å². The smallest absolute Gasteiger partial charge is 0.157 e. The Morgan fingerprint density at radius 3 is 1.01 bits per heavy atom. The lowest BCUT2D eigenvalue weighted by molar-refractivity contribution is 0.669. The second-order valence-corrected chi connectivity index (χ2v) is 21.2. The highest BCUT2D eigenvalue weighted by Crippen LogP contribution is 2.34. The van der Waals surface area contributed by atoms with Crippen LogP contribution in [-0.4, -0.2) is 43.6 Å². The molecule has 0 amide bonds. The number of pyridine rings is 3. The van der Waals surface area contributed by atoms with E-state index in [0.29, 0.717) is 5.15 Å². The summed E-state index contributed by atoms with van der Waals surface area (Å²) < 4.78 is 7.25. The van der Waals surface area contributed by atoms with Crippen molar-refractivity contribution in [2.24, 2.45) is 0 Å². The third-order valence-corrected chi connectivity index (χ3v) is 15.5. The summed E-state index contributed by atoms with van der Waals surface area (Å²) in [4.78, 5) is 30.6. The molecule has 0 radical (unpaired) electrons. The fraction of sp³-hybridized carbons (Fsp3) is 0.294. The molecule has 12 aromatic rings. The van der Waals surface area contributed by atoms with Crippen LogP contribution in [0.1, 0.15) is 124 Å². The predicted molar refractivity (Wildman–Crippen MR) is 324 cm³/mol. The fourth-order valence-electron chi connectivity index (χ4n) is 11.2. The van der Waals surface area contributed by atoms with E-state index < -0.39 is 0 Å². The highest BCUT2D eigenvalue weighted by molar-refractivity contribution is 6.35. The molecule has 78 heavy (non-hydrogen) atoms. The van der Waals surface area contributed by atoms with E-state index in [1.165, 1.54) is 50.1 Å². The average molecular weight is 1050 g/mol. The number of halogens is 1. The van der Waals surface area contributed by atoms with Crippen molar-refractivity contribution in [2.45, 2.75) is 130 Å². The Labute approximate surface area is 463 Å². The van der Waals surface area contributed by atoms with E-state index in [9.17, 15) is 0 Å². The summed E-state index contributed by atoms with van der Waals surface area (Å²) in [5.41, 5.74) is 15.6. The van der Waals surface area contributed by atoms with E-state index in [-0.39, 0.29) is 0 Å². The van der Waals surface area contributed by atoms with Crippen molar-refractivity contribution in [3.63, 3.8) is 0 Å². The van der Waals surface area contributed by atoms with Gasteiger partial charge < -0.3 is 13.7 Å². The molecule has 9 nitrogen and oxygen atoms in total. The van der Waals surface area contributed by atoms with Crippen molar-refractivity contribution in [1.29, 1.82) is 0 Å². The normalized spacial score (nSPS) is 11.7. The zero-order valence-corrected chi connectivity index (χ0v) is 46.3. The van der Waals surface area contributed by atoms with Gasteiger partial charge in [-0.05, 0) is 79.8 Å². The number of aromatic nitrogens is 9. The highest BCUT2D eigenvalue weighted by atomic mass is 35.5. The predicted octanol–water partition coefficient (Wildman–Crippen LogP) is 16.8. The van der Waals surface area contributed by atoms with Crippen LogP contribution in [0, 0.1) is 0 Å². The maximum Gasteiger partial charge on any atom is 0.157 e. The number of hydrogen-bond acceptors (Lipinski definition) is 6. The second-order valence-electron chi connectivity index (χ2n) is 20.8. The van der Waals surface area contributed by atoms with E-state index in [0.717, 1.165) is 171 Å². The number of aryl methyl sites for hydroxylation is 5. The van der Waals surface area contributed by atoms with E-state index in [2.05, 4.69) is 179 Å². The summed E-state index contributed by atoms with van der Waals surface area (Å²) in [6.07, 6.45) is 14.7. The monoisotopic (exact) mass is 1050 g/mol. The molecule has 0 unspecified atom stereocenters. The molecule has 0 aliphatic heterocycles. The number of benzene rings is 6. The largest absolute Gasteiger partial charge is 0.323 e. The van der Waals surface area contributed by atoms with E-state index in [1.54, 1.807) is 0 Å². The maximum absolute atomic E-state index is 6.47. The molecule has 10 heteroatoms. The quantitative estimate of drug-likeness (QED) is 0.0526. The summed E-state index contributed by atoms with van der Waals surface area (Å²) in [7, 11) is 0. The highest BCUT2D eigenvalue weighted by Gasteiger charge is 2.22. The molecule has 0 bridgehead atoms. The molecule has 0 N–H and O–H groups in total. The molecule has 0 saturated carbocycles. The van der Waals surface area contributed by atoms with Crippen LogP contribution in [0.25, 0.3) is 65.8 Å². The van der Waals surface area contributed by atoms with E-state index >= 15 is 0 Å². The van der Waals surface area contributed by atoms with Gasteiger partial charge in [0.25, 0.3) is 0 Å². The van der Waals surface area contributed by atoms with Gasteiger partial charge in [-0.15, -0.1) is 0 Å². The standard InChI is InChI=1S/C47H50N6.C21H20ClN3/c1-3-5-30-42-50-44-40(48-38-26-18-16-24-36(38)46(44)52(42)32-34-20-10-7-11-21-34)28-14-9-15-29-41-45-47(37-25-17-19-27-39(37)49-41)53(43(51-45)31-6-4-2)33-35-22-12-8-13-23-35;1-2-3-13-18-24-19-20(25(18)14-15-9-5-4-6-10-15)16-11-7-8-12-17(16)23-21(19)22/h7-8,10-13,16-27H,3-6,9,14-15,28-33H2,1-2H3;4-12H,2-3,13-14H2,1H3. The molecule has 0 fully saturated rings. The first-order valence-electron chi connectivity index (χ1n) is 28.6. The second kappa shape index (κ2) is 24.7. The summed E-state index contributed by atoms with van der Waals surface area (Å²) in [5, 5.41) is 3.97. The van der Waals surface area contributed by atoms with Gasteiger partial charge in [0.15, 0.2) is 5.15 Å². The summed E-state index contributed by atoms with van der Waals surface area (Å²) >= 11 is 6.47. The van der Waals surface area contributed by atoms with Crippen LogP contribution in [0.5, 0.6) is 0 Å². The lowest BCUT2D eigenvalue weighted by atomic mass is 10.0. The number of imidazole rings is 3. The number of hydrogen-bond donors (Lipinski definition) is 0. The minimum Gasteiger partial charge on any atom is -0.323 e. The SMILES string of the molecule is CCCCc1nc2c(CCCCCc3nc4ccccc4c4c3nc(CCCC)n4Cc3ccccc3)nc3ccccc3c2n1Cc1ccccc1.CCCCc1nc2c(Cl)nc3ccccc3c2n1Cc1ccccc1. The molecule has 12 rings (SSSR count). The first-order chi connectivity index (χ1) is 38.5. The lowest BCUT2D eigenvalue weighted by Gasteiger charge is -2.12. The number of fused-ring (bicyclic) bond motifs is 9. The van der Waals surface area contributed by atoms with Gasteiger partial charge in [0.05, 0.1) is 44.5 Å². The summed E-state index contributed by atoms with van der Waals surface area (Å²) in [6.45, 7) is 9.14. The minimum absolute atomic E-state index is 0.485. The molecular weight excluding hydrogens is 978 g/mol. The first-order valence-corrected chi connectivity index (χ1v) is 29.0. The van der Waals surface area contributed by atoms with Crippen molar-refractivity contribution < 1.29 is 0 Å². The number of para-hydroxylation sites is 3. The third kappa shape index (κ3) is 11.3. The Morgan fingerprint density at radius 2 is 0.641 bits per heavy atom. The van der Waals surface area contributed by atoms with E-state index in [4.69, 9.17) is 36.5 Å². The molecule has 6 aromatic heterocycles. The zero-order valence-electron chi connectivity index (χ0n) is 45.5. The Bertz CT molecular complexity index is 3780. The molecule has 6 aromatic carbocycles. The van der Waals surface area contributed by atoms with Crippen molar-refractivity contribution in [1.82, 2.24) is 43.6 Å². The fourth-order valence-corrected chi connectivity index (χ4v) is 11.5. The molecule has 394 valence electrons. The molecule has 0 spiro atoms. The molecule has 0 saturated heterocycles. The van der Waals surface area contributed by atoms with Crippen molar-refractivity contribution in [3.8, 4) is 0 Å². The van der Waals surface area contributed by atoms with Crippen LogP contribution in [0.4, 0.5) is 0 Å². The molecule has 0 atom stereocenters. The van der Waals surface area contributed by atoms with Crippen LogP contribution >= 0.6 is 11.6 Å². The van der Waals surface area contributed by atoms with Gasteiger partial charge >= 0.3 is 0 Å². The molecule has 0 aliphatic carbocycles. The van der Waals surface area contributed by atoms with Crippen molar-refractivity contribution >= 4 is 77.4 Å². The zero-order chi connectivity index (χ0) is 53.2. The maximum atomic E-state index is 6.47. The molecular formula is C68H70ClN9. The minimum atomic E-state index is 0.485. The van der Waals surface area contributed by atoms with Gasteiger partial charge in [0, 0.05) is 55.1 Å². The van der Waals surface area contributed by atoms with Gasteiger partial charge in [-0.1, -0.05) is 204 Å². The Balaban J connectivity index is 0.000000215. The van der Waals surface area contributed by atoms with Crippen molar-refractivity contribution in [2.75, 3.05) is 0 Å². The number of unbranched alkanes of at least 4 members (excludes halogenated alkanes) is 5. The first kappa shape index (κ1) is 52.3. The number of nitrogens with zero attached hydrogens (tertiary/aromatic N) is 9. The third-order valence-electron chi connectivity index (χ3n) is 15.2. The van der Waals surface area contributed by atoms with Crippen LogP contribution in [-0.2, 0) is 51.7 Å². The lowest BCUT2D eigenvalue weighted by Crippen LogP contribution is -2.06. The Morgan fingerprint density at radius 1 is 0.321 bits per heavy atom. The van der Waals surface area contributed by atoms with Crippen LogP contribution in [0.15, 0.2) is 164 Å². The van der Waals surface area contributed by atoms with Gasteiger partial charge in [0.2, 0.25) is 0 Å². The summed E-state index contributed by atoms with van der Waals surface area (Å²) in [6, 6.07) is 57.5. The van der Waals surface area contributed by atoms with Gasteiger partial charge in [0.1, 0.15) is 34.0 Å². The van der Waals surface area contributed by atoms with Crippen LogP contribution < -0.4 is 0 Å². The Kier molecular flexibility index (Phi) is 16.6. The van der Waals surface area contributed by atoms with Crippen LogP contribution in [0.3, 0.4) is 0 Å². The average Bonchev–Trinajstić information content (AvgIpc) is 4.38. The Hall–Kier alpha value is -7.75. The van der Waals surface area contributed by atoms with E-state index in [1.807, 2.05) is 24.3 Å². The molecule has 6 heterocycles. The van der Waals surface area contributed by atoms with Crippen LogP contribution in [0.2, 0.25) is 5.15 Å². The topological polar surface area (TPSA) is 92.1 Å². The molecule has 0 aliphatic rings. The number of rotatable bonds is 21. The van der Waals surface area contributed by atoms with Crippen molar-refractivity contribution in [3.05, 3.63) is 214 Å². The van der Waals surface area contributed by atoms with Gasteiger partial charge in [-0.25, -0.2) is 19.9 Å².